The number of thiocarbonyl (C=S) groups is 1. The van der Waals surface area contributed by atoms with Gasteiger partial charge in [0.05, 0.1) is 7.11 Å². The molecule has 0 atom stereocenters. The summed E-state index contributed by atoms with van der Waals surface area (Å²) < 4.78 is 5.28. The number of aryl methyl sites for hydroxylation is 1. The zero-order chi connectivity index (χ0) is 13.1. The molecular weight excluding hydrogens is 244 g/mol. The van der Waals surface area contributed by atoms with Gasteiger partial charge >= 0.3 is 0 Å². The van der Waals surface area contributed by atoms with Gasteiger partial charge in [0.15, 0.2) is 0 Å². The van der Waals surface area contributed by atoms with E-state index in [4.69, 9.17) is 17.0 Å². The van der Waals surface area contributed by atoms with E-state index < -0.39 is 0 Å². The zero-order valence-corrected chi connectivity index (χ0v) is 12.1. The largest absolute Gasteiger partial charge is 0.496 e. The molecule has 4 heteroatoms. The molecule has 0 bridgehead atoms. The lowest BCUT2D eigenvalue weighted by Crippen LogP contribution is -2.46. The van der Waals surface area contributed by atoms with Gasteiger partial charge in [-0.2, -0.15) is 0 Å². The fraction of sp³-hybridized carbons (Fsp3) is 0.500. The Kier molecular flexibility index (Phi) is 4.19. The van der Waals surface area contributed by atoms with Crippen LogP contribution in [-0.2, 0) is 0 Å². The summed E-state index contributed by atoms with van der Waals surface area (Å²) in [6.45, 7) is 6.24. The third-order valence-corrected chi connectivity index (χ3v) is 3.93. The first-order chi connectivity index (χ1) is 8.61. The minimum atomic E-state index is 0.917. The second-order valence-corrected chi connectivity index (χ2v) is 5.17. The van der Waals surface area contributed by atoms with Gasteiger partial charge in [-0.25, -0.2) is 0 Å². The van der Waals surface area contributed by atoms with Crippen molar-refractivity contribution in [3.8, 4) is 5.75 Å². The van der Waals surface area contributed by atoms with Crippen molar-refractivity contribution in [2.75, 3.05) is 40.3 Å². The number of likely N-dealkylation sites (N-methyl/N-ethyl adjacent to an activating group) is 1. The number of nitrogens with zero attached hydrogens (tertiary/aromatic N) is 2. The molecular formula is C14H20N2OS. The molecule has 0 amide bonds. The zero-order valence-electron chi connectivity index (χ0n) is 11.3. The fourth-order valence-corrected chi connectivity index (χ4v) is 2.51. The number of benzene rings is 1. The van der Waals surface area contributed by atoms with Crippen LogP contribution in [0.15, 0.2) is 18.2 Å². The summed E-state index contributed by atoms with van der Waals surface area (Å²) >= 11 is 5.58. The summed E-state index contributed by atoms with van der Waals surface area (Å²) in [5, 5.41) is 0. The fourth-order valence-electron chi connectivity index (χ4n) is 2.20. The molecule has 0 N–H and O–H groups in total. The Labute approximate surface area is 114 Å². The van der Waals surface area contributed by atoms with Crippen LogP contribution in [0, 0.1) is 6.92 Å². The van der Waals surface area contributed by atoms with Gasteiger partial charge in [0, 0.05) is 31.7 Å². The third kappa shape index (κ3) is 2.82. The molecule has 0 unspecified atom stereocenters. The quantitative estimate of drug-likeness (QED) is 0.758. The molecule has 0 aromatic heterocycles. The molecule has 1 aliphatic rings. The van der Waals surface area contributed by atoms with Crippen LogP contribution >= 0.6 is 12.2 Å². The number of methoxy groups -OCH3 is 1. The minimum absolute atomic E-state index is 0.917. The van der Waals surface area contributed by atoms with Crippen LogP contribution in [0.1, 0.15) is 11.1 Å². The lowest BCUT2D eigenvalue weighted by atomic mass is 10.1. The molecule has 18 heavy (non-hydrogen) atoms. The van der Waals surface area contributed by atoms with Crippen molar-refractivity contribution in [1.82, 2.24) is 9.80 Å². The predicted octanol–water partition coefficient (Wildman–Crippen LogP) is 1.93. The molecule has 0 aliphatic carbocycles. The normalized spacial score (nSPS) is 16.7. The van der Waals surface area contributed by atoms with Crippen LogP contribution in [0.25, 0.3) is 0 Å². The van der Waals surface area contributed by atoms with Gasteiger partial charge in [-0.3, -0.25) is 0 Å². The van der Waals surface area contributed by atoms with E-state index in [1.807, 2.05) is 12.1 Å². The molecule has 0 radical (unpaired) electrons. The summed E-state index contributed by atoms with van der Waals surface area (Å²) in [6.07, 6.45) is 0. The van der Waals surface area contributed by atoms with Crippen LogP contribution in [0.3, 0.4) is 0 Å². The van der Waals surface area contributed by atoms with Gasteiger partial charge in [0.1, 0.15) is 10.7 Å². The molecule has 2 rings (SSSR count). The monoisotopic (exact) mass is 264 g/mol. The summed E-state index contributed by atoms with van der Waals surface area (Å²) in [4.78, 5) is 5.57. The molecule has 98 valence electrons. The molecule has 0 spiro atoms. The highest BCUT2D eigenvalue weighted by Gasteiger charge is 2.17. The Morgan fingerprint density at radius 1 is 1.22 bits per heavy atom. The Bertz CT molecular complexity index is 439. The SMILES string of the molecule is COc1ccc(C(=S)N2CCN(C)CC2)cc1C. The first-order valence-corrected chi connectivity index (χ1v) is 6.65. The summed E-state index contributed by atoms with van der Waals surface area (Å²) in [6, 6.07) is 6.15. The van der Waals surface area contributed by atoms with Gasteiger partial charge in [-0.15, -0.1) is 0 Å². The third-order valence-electron chi connectivity index (χ3n) is 3.43. The van der Waals surface area contributed by atoms with Crippen molar-refractivity contribution in [1.29, 1.82) is 0 Å². The van der Waals surface area contributed by atoms with Crippen LogP contribution in [0.4, 0.5) is 0 Å². The molecule has 1 fully saturated rings. The summed E-state index contributed by atoms with van der Waals surface area (Å²) in [5.41, 5.74) is 2.25. The van der Waals surface area contributed by atoms with E-state index in [1.54, 1.807) is 7.11 Å². The molecule has 1 heterocycles. The summed E-state index contributed by atoms with van der Waals surface area (Å²) in [7, 11) is 3.85. The average molecular weight is 264 g/mol. The van der Waals surface area contributed by atoms with E-state index in [-0.39, 0.29) is 0 Å². The number of rotatable bonds is 2. The number of hydrogen-bond acceptors (Lipinski definition) is 3. The van der Waals surface area contributed by atoms with E-state index in [1.165, 1.54) is 0 Å². The van der Waals surface area contributed by atoms with Crippen LogP contribution in [0.5, 0.6) is 5.75 Å². The molecule has 0 saturated carbocycles. The van der Waals surface area contributed by atoms with Crippen LogP contribution in [0.2, 0.25) is 0 Å². The highest BCUT2D eigenvalue weighted by molar-refractivity contribution is 7.80. The summed E-state index contributed by atoms with van der Waals surface area (Å²) in [5.74, 6) is 0.917. The van der Waals surface area contributed by atoms with Gasteiger partial charge in [0.25, 0.3) is 0 Å². The van der Waals surface area contributed by atoms with E-state index in [0.29, 0.717) is 0 Å². The maximum Gasteiger partial charge on any atom is 0.121 e. The Balaban J connectivity index is 2.11. The lowest BCUT2D eigenvalue weighted by molar-refractivity contribution is 0.218. The van der Waals surface area contributed by atoms with E-state index >= 15 is 0 Å². The van der Waals surface area contributed by atoms with Crippen LogP contribution in [-0.4, -0.2) is 55.1 Å². The Morgan fingerprint density at radius 2 is 1.89 bits per heavy atom. The molecule has 1 saturated heterocycles. The van der Waals surface area contributed by atoms with Gasteiger partial charge in [0.2, 0.25) is 0 Å². The van der Waals surface area contributed by atoms with Crippen LogP contribution < -0.4 is 4.74 Å². The van der Waals surface area contributed by atoms with Gasteiger partial charge < -0.3 is 14.5 Å². The van der Waals surface area contributed by atoms with Crippen molar-refractivity contribution in [2.45, 2.75) is 6.92 Å². The number of hydrogen-bond donors (Lipinski definition) is 0. The maximum atomic E-state index is 5.58. The number of piperazine rings is 1. The first-order valence-electron chi connectivity index (χ1n) is 6.24. The van der Waals surface area contributed by atoms with E-state index in [0.717, 1.165) is 48.0 Å². The first kappa shape index (κ1) is 13.3. The number of ether oxygens (including phenoxy) is 1. The van der Waals surface area contributed by atoms with Gasteiger partial charge in [-0.05, 0) is 37.7 Å². The predicted molar refractivity (Wildman–Crippen MR) is 78.5 cm³/mol. The van der Waals surface area contributed by atoms with Gasteiger partial charge in [-0.1, -0.05) is 12.2 Å². The van der Waals surface area contributed by atoms with E-state index in [2.05, 4.69) is 29.8 Å². The highest BCUT2D eigenvalue weighted by Crippen LogP contribution is 2.20. The maximum absolute atomic E-state index is 5.58. The second-order valence-electron chi connectivity index (χ2n) is 4.78. The van der Waals surface area contributed by atoms with Crippen molar-refractivity contribution >= 4 is 17.2 Å². The highest BCUT2D eigenvalue weighted by atomic mass is 32.1. The lowest BCUT2D eigenvalue weighted by Gasteiger charge is -2.34. The minimum Gasteiger partial charge on any atom is -0.496 e. The molecule has 1 aliphatic heterocycles. The van der Waals surface area contributed by atoms with Crippen molar-refractivity contribution in [3.05, 3.63) is 29.3 Å². The Morgan fingerprint density at radius 3 is 2.44 bits per heavy atom. The van der Waals surface area contributed by atoms with Crippen molar-refractivity contribution in [3.63, 3.8) is 0 Å². The Hall–Kier alpha value is -1.13. The van der Waals surface area contributed by atoms with E-state index in [9.17, 15) is 0 Å². The topological polar surface area (TPSA) is 15.7 Å². The average Bonchev–Trinajstić information content (AvgIpc) is 2.38. The smallest absolute Gasteiger partial charge is 0.121 e. The molecule has 1 aromatic rings. The molecule has 1 aromatic carbocycles. The van der Waals surface area contributed by atoms with Crippen molar-refractivity contribution < 1.29 is 4.74 Å². The standard InChI is InChI=1S/C14H20N2OS/c1-11-10-12(4-5-13(11)17-3)14(18)16-8-6-15(2)7-9-16/h4-5,10H,6-9H2,1-3H3. The second kappa shape index (κ2) is 5.67. The molecule has 3 nitrogen and oxygen atoms in total. The van der Waals surface area contributed by atoms with Crippen molar-refractivity contribution in [2.24, 2.45) is 0 Å².